The van der Waals surface area contributed by atoms with E-state index in [1.54, 1.807) is 0 Å². The van der Waals surface area contributed by atoms with E-state index in [0.717, 1.165) is 28.0 Å². The fourth-order valence-electron chi connectivity index (χ4n) is 9.15. The van der Waals surface area contributed by atoms with Gasteiger partial charge in [-0.25, -0.2) is 0 Å². The summed E-state index contributed by atoms with van der Waals surface area (Å²) in [7, 11) is 0. The number of benzene rings is 12. The zero-order valence-corrected chi connectivity index (χ0v) is 43.3. The Morgan fingerprint density at radius 2 is 0.360 bits per heavy atom. The van der Waals surface area contributed by atoms with Gasteiger partial charge in [0.05, 0.1) is 0 Å². The molecule has 0 saturated carbocycles. The van der Waals surface area contributed by atoms with Gasteiger partial charge in [0.2, 0.25) is 0 Å². The zero-order valence-electron chi connectivity index (χ0n) is 41.7. The average molecular weight is 1030 g/mol. The number of anilines is 3. The van der Waals surface area contributed by atoms with Crippen molar-refractivity contribution < 1.29 is 0 Å². The summed E-state index contributed by atoms with van der Waals surface area (Å²) in [5.74, 6) is 0. The molecule has 0 radical (unpaired) electrons. The third-order valence-corrected chi connectivity index (χ3v) is 13.7. The molecule has 12 aromatic rings. The van der Waals surface area contributed by atoms with Crippen molar-refractivity contribution in [3.8, 4) is 66.8 Å². The number of rotatable bonds is 11. The normalized spacial score (nSPS) is 10.5. The van der Waals surface area contributed by atoms with Gasteiger partial charge in [-0.3, -0.25) is 0 Å². The van der Waals surface area contributed by atoms with E-state index in [2.05, 4.69) is 342 Å². The number of halogens is 1. The van der Waals surface area contributed by atoms with Crippen LogP contribution in [0.5, 0.6) is 0 Å². The Balaban J connectivity index is 0.000000144. The molecule has 0 bridgehead atoms. The van der Waals surface area contributed by atoms with Crippen molar-refractivity contribution in [2.75, 3.05) is 4.90 Å². The molecule has 75 heavy (non-hydrogen) atoms. The summed E-state index contributed by atoms with van der Waals surface area (Å²) in [6.45, 7) is 0. The van der Waals surface area contributed by atoms with E-state index in [1.807, 2.05) is 6.07 Å². The smallest absolute Gasteiger partial charge is 0.0462 e. The first kappa shape index (κ1) is 49.5. The first-order valence-corrected chi connectivity index (χ1v) is 26.3. The molecule has 0 fully saturated rings. The first-order chi connectivity index (χ1) is 37.1. The molecule has 0 aliphatic rings. The van der Waals surface area contributed by atoms with Crippen molar-refractivity contribution in [2.24, 2.45) is 0 Å². The molecule has 0 N–H and O–H groups in total. The summed E-state index contributed by atoms with van der Waals surface area (Å²) in [5, 5.41) is 0. The Labute approximate surface area is 451 Å². The predicted molar refractivity (Wildman–Crippen MR) is 324 cm³/mol. The molecule has 0 aromatic heterocycles. The number of nitrogens with zero attached hydrogens (tertiary/aromatic N) is 1. The molecule has 0 amide bonds. The summed E-state index contributed by atoms with van der Waals surface area (Å²) in [5.41, 5.74) is 20.9. The minimum Gasteiger partial charge on any atom is -0.311 e. The van der Waals surface area contributed by atoms with Gasteiger partial charge >= 0.3 is 0 Å². The van der Waals surface area contributed by atoms with Crippen LogP contribution < -0.4 is 4.90 Å². The fourth-order valence-corrected chi connectivity index (χ4v) is 9.41. The molecule has 0 saturated heterocycles. The van der Waals surface area contributed by atoms with Crippen LogP contribution in [-0.2, 0) is 6.42 Å². The Morgan fingerprint density at radius 1 is 0.187 bits per heavy atom. The lowest BCUT2D eigenvalue weighted by molar-refractivity contribution is 1.19. The second kappa shape index (κ2) is 25.0. The lowest BCUT2D eigenvalue weighted by atomic mass is 9.98. The maximum Gasteiger partial charge on any atom is 0.0462 e. The summed E-state index contributed by atoms with van der Waals surface area (Å²) in [6, 6.07) is 116. The summed E-state index contributed by atoms with van der Waals surface area (Å²) >= 11 is 3.42. The Bertz CT molecular complexity index is 3290. The van der Waals surface area contributed by atoms with Gasteiger partial charge in [0.25, 0.3) is 0 Å². The van der Waals surface area contributed by atoms with E-state index in [-0.39, 0.29) is 0 Å². The molecule has 12 aromatic carbocycles. The molecule has 2 heteroatoms. The van der Waals surface area contributed by atoms with Crippen LogP contribution in [0, 0.1) is 0 Å². The van der Waals surface area contributed by atoms with Gasteiger partial charge in [-0.05, 0) is 133 Å². The summed E-state index contributed by atoms with van der Waals surface area (Å²) < 4.78 is 1.12. The monoisotopic (exact) mass is 1030 g/mol. The minimum atomic E-state index is 0.962. The van der Waals surface area contributed by atoms with Crippen molar-refractivity contribution >= 4 is 33.0 Å². The van der Waals surface area contributed by atoms with Gasteiger partial charge in [-0.1, -0.05) is 295 Å². The molecule has 360 valence electrons. The fraction of sp³-hybridized carbons (Fsp3) is 0.0137. The molecule has 0 heterocycles. The third kappa shape index (κ3) is 13.3. The highest BCUT2D eigenvalue weighted by molar-refractivity contribution is 9.10. The van der Waals surface area contributed by atoms with Crippen molar-refractivity contribution in [3.63, 3.8) is 0 Å². The first-order valence-electron chi connectivity index (χ1n) is 25.5. The standard InChI is InChI=1S/C36H27N.C25H20.C12H9Br/c1-4-10-28(11-5-1)31-16-22-34(23-17-31)37(35-24-18-32(19-25-35)29-12-6-2-7-13-29)36-26-20-33(21-27-36)30-14-8-3-9-15-30;1-3-7-22(8-4-1)24-15-11-20(12-16-24)19-21-13-17-25(18-14-21)23-9-5-2-6-10-23;13-12-8-6-11(7-9-12)10-4-2-1-3-5-10/h1-27H;1-18H,19H2;1-9H. The molecule has 12 rings (SSSR count). The molecule has 0 spiro atoms. The van der Waals surface area contributed by atoms with Crippen molar-refractivity contribution in [2.45, 2.75) is 6.42 Å². The van der Waals surface area contributed by atoms with Gasteiger partial charge < -0.3 is 4.90 Å². The van der Waals surface area contributed by atoms with Gasteiger partial charge in [0.1, 0.15) is 0 Å². The van der Waals surface area contributed by atoms with E-state index < -0.39 is 0 Å². The Kier molecular flexibility index (Phi) is 16.5. The van der Waals surface area contributed by atoms with Crippen LogP contribution >= 0.6 is 15.9 Å². The second-order valence-electron chi connectivity index (χ2n) is 18.2. The van der Waals surface area contributed by atoms with Crippen LogP contribution in [0.15, 0.2) is 332 Å². The van der Waals surface area contributed by atoms with Crippen LogP contribution in [0.2, 0.25) is 0 Å². The van der Waals surface area contributed by atoms with Gasteiger partial charge in [-0.2, -0.15) is 0 Å². The zero-order chi connectivity index (χ0) is 50.9. The van der Waals surface area contributed by atoms with Crippen molar-refractivity contribution in [1.82, 2.24) is 0 Å². The van der Waals surface area contributed by atoms with Gasteiger partial charge in [0, 0.05) is 21.5 Å². The van der Waals surface area contributed by atoms with E-state index in [4.69, 9.17) is 0 Å². The molecule has 0 aliphatic carbocycles. The highest BCUT2D eigenvalue weighted by Gasteiger charge is 2.14. The van der Waals surface area contributed by atoms with Crippen LogP contribution in [-0.4, -0.2) is 0 Å². The molecular formula is C73H56BrN. The minimum absolute atomic E-state index is 0.962. The molecule has 0 unspecified atom stereocenters. The molecule has 1 nitrogen and oxygen atoms in total. The SMILES string of the molecule is Brc1ccc(-c2ccccc2)cc1.c1ccc(-c2ccc(Cc3ccc(-c4ccccc4)cc3)cc2)cc1.c1ccc(-c2ccc(N(c3ccc(-c4ccccc4)cc3)c3ccc(-c4ccccc4)cc3)cc2)cc1. The van der Waals surface area contributed by atoms with E-state index in [0.29, 0.717) is 0 Å². The van der Waals surface area contributed by atoms with Crippen LogP contribution in [0.1, 0.15) is 11.1 Å². The number of hydrogen-bond donors (Lipinski definition) is 0. The van der Waals surface area contributed by atoms with Crippen LogP contribution in [0.25, 0.3) is 66.8 Å². The summed E-state index contributed by atoms with van der Waals surface area (Å²) in [6.07, 6.45) is 0.962. The van der Waals surface area contributed by atoms with Crippen LogP contribution in [0.3, 0.4) is 0 Å². The summed E-state index contributed by atoms with van der Waals surface area (Å²) in [4.78, 5) is 2.32. The van der Waals surface area contributed by atoms with Crippen molar-refractivity contribution in [1.29, 1.82) is 0 Å². The molecular weight excluding hydrogens is 971 g/mol. The third-order valence-electron chi connectivity index (χ3n) is 13.2. The molecule has 0 atom stereocenters. The van der Waals surface area contributed by atoms with Crippen molar-refractivity contribution in [3.05, 3.63) is 343 Å². The maximum atomic E-state index is 3.42. The highest BCUT2D eigenvalue weighted by atomic mass is 79.9. The second-order valence-corrected chi connectivity index (χ2v) is 19.2. The Morgan fingerprint density at radius 3 is 0.573 bits per heavy atom. The quantitative estimate of drug-likeness (QED) is 0.125. The Hall–Kier alpha value is -9.08. The molecule has 0 aliphatic heterocycles. The lowest BCUT2D eigenvalue weighted by Crippen LogP contribution is -2.09. The van der Waals surface area contributed by atoms with E-state index in [1.165, 1.54) is 77.9 Å². The lowest BCUT2D eigenvalue weighted by Gasteiger charge is -2.26. The van der Waals surface area contributed by atoms with Gasteiger partial charge in [0.15, 0.2) is 0 Å². The highest BCUT2D eigenvalue weighted by Crippen LogP contribution is 2.38. The van der Waals surface area contributed by atoms with Crippen LogP contribution in [0.4, 0.5) is 17.1 Å². The topological polar surface area (TPSA) is 3.24 Å². The average Bonchev–Trinajstić information content (AvgIpc) is 3.50. The van der Waals surface area contributed by atoms with Gasteiger partial charge in [-0.15, -0.1) is 0 Å². The van der Waals surface area contributed by atoms with E-state index in [9.17, 15) is 0 Å². The predicted octanol–water partition coefficient (Wildman–Crippen LogP) is 20.9. The van der Waals surface area contributed by atoms with E-state index >= 15 is 0 Å². The largest absolute Gasteiger partial charge is 0.311 e. The number of hydrogen-bond acceptors (Lipinski definition) is 1. The maximum absolute atomic E-state index is 3.42.